The zero-order valence-electron chi connectivity index (χ0n) is 19.2. The van der Waals surface area contributed by atoms with Crippen molar-refractivity contribution in [2.45, 2.75) is 64.0 Å². The molecule has 170 valence electrons. The third kappa shape index (κ3) is 5.06. The average Bonchev–Trinajstić information content (AvgIpc) is 2.73. The number of ether oxygens (including phenoxy) is 1. The molecule has 32 heavy (non-hydrogen) atoms. The van der Waals surface area contributed by atoms with Crippen LogP contribution in [-0.2, 0) is 4.79 Å². The number of benzene rings is 2. The Morgan fingerprint density at radius 1 is 1.12 bits per heavy atom. The van der Waals surface area contributed by atoms with Crippen molar-refractivity contribution < 1.29 is 14.3 Å². The van der Waals surface area contributed by atoms with E-state index in [0.29, 0.717) is 19.5 Å². The average molecular weight is 436 g/mol. The standard InChI is InChI=1S/C26H33N3O3/c1-18(2)27-24(30)16-20-17-26(32-23-10-5-4-9-22(20)23)11-13-29(14-12-26)25(31)28-21-8-6-7-19(3)15-21/h4-10,15,18,20H,11-14,16-17H2,1-3H3,(H,27,30)(H,28,31)/t20-/m1/s1. The molecule has 2 N–H and O–H groups in total. The molecule has 6 heteroatoms. The zero-order chi connectivity index (χ0) is 22.7. The van der Waals surface area contributed by atoms with Crippen molar-refractivity contribution in [3.05, 3.63) is 59.7 Å². The number of nitrogens with zero attached hydrogens (tertiary/aromatic N) is 1. The lowest BCUT2D eigenvalue weighted by atomic mass is 9.76. The van der Waals surface area contributed by atoms with Gasteiger partial charge in [-0.25, -0.2) is 4.79 Å². The van der Waals surface area contributed by atoms with E-state index in [1.165, 1.54) is 0 Å². The first-order valence-electron chi connectivity index (χ1n) is 11.5. The van der Waals surface area contributed by atoms with E-state index in [1.54, 1.807) is 0 Å². The number of hydrogen-bond donors (Lipinski definition) is 2. The molecule has 0 bridgehead atoms. The second-order valence-electron chi connectivity index (χ2n) is 9.44. The molecule has 0 aliphatic carbocycles. The molecule has 1 saturated heterocycles. The number of para-hydroxylation sites is 1. The quantitative estimate of drug-likeness (QED) is 0.722. The highest BCUT2D eigenvalue weighted by Gasteiger charge is 2.44. The van der Waals surface area contributed by atoms with Crippen LogP contribution in [0.15, 0.2) is 48.5 Å². The first kappa shape index (κ1) is 22.2. The highest BCUT2D eigenvalue weighted by atomic mass is 16.5. The maximum atomic E-state index is 12.8. The van der Waals surface area contributed by atoms with Gasteiger partial charge in [-0.1, -0.05) is 30.3 Å². The molecule has 2 aromatic rings. The molecule has 0 unspecified atom stereocenters. The summed E-state index contributed by atoms with van der Waals surface area (Å²) in [5.41, 5.74) is 2.70. The normalized spacial score (nSPS) is 19.2. The van der Waals surface area contributed by atoms with Crippen molar-refractivity contribution in [1.29, 1.82) is 0 Å². The van der Waals surface area contributed by atoms with Crippen LogP contribution in [0.1, 0.15) is 56.6 Å². The largest absolute Gasteiger partial charge is 0.487 e. The van der Waals surface area contributed by atoms with Crippen molar-refractivity contribution in [3.63, 3.8) is 0 Å². The van der Waals surface area contributed by atoms with Crippen LogP contribution in [0.25, 0.3) is 0 Å². The number of fused-ring (bicyclic) bond motifs is 1. The van der Waals surface area contributed by atoms with E-state index in [9.17, 15) is 9.59 Å². The van der Waals surface area contributed by atoms with Crippen LogP contribution in [0.3, 0.4) is 0 Å². The Morgan fingerprint density at radius 2 is 1.88 bits per heavy atom. The van der Waals surface area contributed by atoms with Gasteiger partial charge in [-0.05, 0) is 56.5 Å². The molecule has 2 aliphatic heterocycles. The topological polar surface area (TPSA) is 70.7 Å². The van der Waals surface area contributed by atoms with E-state index < -0.39 is 0 Å². The molecule has 2 aromatic carbocycles. The highest BCUT2D eigenvalue weighted by Crippen LogP contribution is 2.46. The van der Waals surface area contributed by atoms with Gasteiger partial charge in [0.15, 0.2) is 0 Å². The van der Waals surface area contributed by atoms with E-state index in [1.807, 2.05) is 68.1 Å². The molecule has 1 atom stereocenters. The number of likely N-dealkylation sites (tertiary alicyclic amines) is 1. The SMILES string of the molecule is Cc1cccc(NC(=O)N2CCC3(CC2)C[C@@H](CC(=O)NC(C)C)c2ccccc2O3)c1. The second-order valence-corrected chi connectivity index (χ2v) is 9.44. The maximum absolute atomic E-state index is 12.8. The molecule has 1 fully saturated rings. The molecule has 0 aromatic heterocycles. The van der Waals surface area contributed by atoms with Crippen molar-refractivity contribution in [3.8, 4) is 5.75 Å². The van der Waals surface area contributed by atoms with Crippen LogP contribution < -0.4 is 15.4 Å². The van der Waals surface area contributed by atoms with Crippen molar-refractivity contribution in [1.82, 2.24) is 10.2 Å². The highest BCUT2D eigenvalue weighted by molar-refractivity contribution is 5.89. The minimum atomic E-state index is -0.336. The molecule has 3 amide bonds. The summed E-state index contributed by atoms with van der Waals surface area (Å²) in [6, 6.07) is 15.9. The number of carbonyl (C=O) groups is 2. The molecular formula is C26H33N3O3. The maximum Gasteiger partial charge on any atom is 0.321 e. The lowest BCUT2D eigenvalue weighted by Crippen LogP contribution is -2.52. The van der Waals surface area contributed by atoms with Crippen molar-refractivity contribution in [2.75, 3.05) is 18.4 Å². The lowest BCUT2D eigenvalue weighted by molar-refractivity contribution is -0.122. The Bertz CT molecular complexity index is 980. The summed E-state index contributed by atoms with van der Waals surface area (Å²) < 4.78 is 6.53. The summed E-state index contributed by atoms with van der Waals surface area (Å²) in [6.07, 6.45) is 2.76. The summed E-state index contributed by atoms with van der Waals surface area (Å²) in [5, 5.41) is 6.03. The van der Waals surface area contributed by atoms with Gasteiger partial charge in [0.25, 0.3) is 0 Å². The van der Waals surface area contributed by atoms with E-state index in [4.69, 9.17) is 4.74 Å². The number of nitrogens with one attached hydrogen (secondary N) is 2. The van der Waals surface area contributed by atoms with Gasteiger partial charge in [-0.2, -0.15) is 0 Å². The summed E-state index contributed by atoms with van der Waals surface area (Å²) in [5.74, 6) is 1.07. The minimum absolute atomic E-state index is 0.0745. The molecule has 0 saturated carbocycles. The van der Waals surface area contributed by atoms with Gasteiger partial charge in [0.1, 0.15) is 11.4 Å². The number of carbonyl (C=O) groups excluding carboxylic acids is 2. The van der Waals surface area contributed by atoms with Gasteiger partial charge in [-0.3, -0.25) is 4.79 Å². The smallest absolute Gasteiger partial charge is 0.321 e. The van der Waals surface area contributed by atoms with Crippen LogP contribution >= 0.6 is 0 Å². The summed E-state index contributed by atoms with van der Waals surface area (Å²) >= 11 is 0. The summed E-state index contributed by atoms with van der Waals surface area (Å²) in [4.78, 5) is 27.2. The van der Waals surface area contributed by atoms with Crippen LogP contribution in [0.5, 0.6) is 5.75 Å². The van der Waals surface area contributed by atoms with E-state index in [2.05, 4.69) is 16.7 Å². The third-order valence-corrected chi connectivity index (χ3v) is 6.42. The number of aryl methyl sites for hydroxylation is 1. The van der Waals surface area contributed by atoms with Crippen molar-refractivity contribution in [2.24, 2.45) is 0 Å². The fourth-order valence-electron chi connectivity index (χ4n) is 4.88. The van der Waals surface area contributed by atoms with E-state index >= 15 is 0 Å². The third-order valence-electron chi connectivity index (χ3n) is 6.42. The fraction of sp³-hybridized carbons (Fsp3) is 0.462. The molecule has 4 rings (SSSR count). The minimum Gasteiger partial charge on any atom is -0.487 e. The Labute approximate surface area is 190 Å². The summed E-state index contributed by atoms with van der Waals surface area (Å²) in [6.45, 7) is 7.23. The van der Waals surface area contributed by atoms with Crippen LogP contribution in [0, 0.1) is 6.92 Å². The van der Waals surface area contributed by atoms with Gasteiger partial charge < -0.3 is 20.3 Å². The number of anilines is 1. The molecule has 2 aliphatic rings. The molecular weight excluding hydrogens is 402 g/mol. The first-order valence-corrected chi connectivity index (χ1v) is 11.5. The van der Waals surface area contributed by atoms with Gasteiger partial charge in [0.2, 0.25) is 5.91 Å². The predicted octanol–water partition coefficient (Wildman–Crippen LogP) is 4.84. The molecule has 0 radical (unpaired) electrons. The van der Waals surface area contributed by atoms with Crippen LogP contribution in [0.2, 0.25) is 0 Å². The summed E-state index contributed by atoms with van der Waals surface area (Å²) in [7, 11) is 0. The first-order chi connectivity index (χ1) is 15.3. The lowest BCUT2D eigenvalue weighted by Gasteiger charge is -2.46. The number of urea groups is 1. The number of piperidine rings is 1. The number of amides is 3. The van der Waals surface area contributed by atoms with Gasteiger partial charge >= 0.3 is 6.03 Å². The van der Waals surface area contributed by atoms with E-state index in [-0.39, 0.29) is 29.5 Å². The second kappa shape index (κ2) is 9.23. The Balaban J connectivity index is 1.43. The monoisotopic (exact) mass is 435 g/mol. The van der Waals surface area contributed by atoms with Gasteiger partial charge in [0.05, 0.1) is 0 Å². The molecule has 2 heterocycles. The Hall–Kier alpha value is -3.02. The van der Waals surface area contributed by atoms with Gasteiger partial charge in [0, 0.05) is 50.0 Å². The van der Waals surface area contributed by atoms with Crippen LogP contribution in [0.4, 0.5) is 10.5 Å². The van der Waals surface area contributed by atoms with Gasteiger partial charge in [-0.15, -0.1) is 0 Å². The number of rotatable bonds is 4. The zero-order valence-corrected chi connectivity index (χ0v) is 19.2. The predicted molar refractivity (Wildman–Crippen MR) is 126 cm³/mol. The molecule has 6 nitrogen and oxygen atoms in total. The van der Waals surface area contributed by atoms with E-state index in [0.717, 1.165) is 41.8 Å². The van der Waals surface area contributed by atoms with Crippen molar-refractivity contribution >= 4 is 17.6 Å². The van der Waals surface area contributed by atoms with Crippen LogP contribution in [-0.4, -0.2) is 41.6 Å². The Morgan fingerprint density at radius 3 is 2.59 bits per heavy atom. The molecule has 1 spiro atoms. The number of hydrogen-bond acceptors (Lipinski definition) is 3. The Kier molecular flexibility index (Phi) is 6.40. The fourth-order valence-corrected chi connectivity index (χ4v) is 4.88.